The molecule has 1 amide bonds. The SMILES string of the molecule is O=C(O)c1cc2n(n1)CCN(C(=O)c1cccc(COc3ccc(C4CCNN4)nc3)c1)C2. The first-order valence-corrected chi connectivity index (χ1v) is 10.8. The predicted octanol–water partition coefficient (Wildman–Crippen LogP) is 1.75. The summed E-state index contributed by atoms with van der Waals surface area (Å²) in [6.07, 6.45) is 2.71. The summed E-state index contributed by atoms with van der Waals surface area (Å²) in [6.45, 7) is 2.50. The third-order valence-electron chi connectivity index (χ3n) is 5.83. The molecule has 0 radical (unpaired) electrons. The predicted molar refractivity (Wildman–Crippen MR) is 117 cm³/mol. The third-order valence-corrected chi connectivity index (χ3v) is 5.83. The highest BCUT2D eigenvalue weighted by molar-refractivity contribution is 5.94. The first-order valence-electron chi connectivity index (χ1n) is 10.8. The molecule has 3 aromatic rings. The zero-order valence-electron chi connectivity index (χ0n) is 17.9. The van der Waals surface area contributed by atoms with Gasteiger partial charge in [0.15, 0.2) is 5.69 Å². The van der Waals surface area contributed by atoms with Crippen molar-refractivity contribution in [1.29, 1.82) is 0 Å². The van der Waals surface area contributed by atoms with Gasteiger partial charge in [-0.15, -0.1) is 0 Å². The van der Waals surface area contributed by atoms with Crippen LogP contribution in [0.5, 0.6) is 5.75 Å². The monoisotopic (exact) mass is 448 g/mol. The molecule has 10 heteroatoms. The van der Waals surface area contributed by atoms with Crippen LogP contribution in [0, 0.1) is 0 Å². The normalized spacial score (nSPS) is 17.6. The molecule has 1 fully saturated rings. The number of amides is 1. The van der Waals surface area contributed by atoms with Crippen molar-refractivity contribution in [3.63, 3.8) is 0 Å². The molecule has 1 aromatic carbocycles. The van der Waals surface area contributed by atoms with Gasteiger partial charge in [0.2, 0.25) is 0 Å². The molecular weight excluding hydrogens is 424 g/mol. The van der Waals surface area contributed by atoms with E-state index in [0.717, 1.165) is 24.2 Å². The van der Waals surface area contributed by atoms with Crippen LogP contribution < -0.4 is 15.6 Å². The Morgan fingerprint density at radius 3 is 2.85 bits per heavy atom. The largest absolute Gasteiger partial charge is 0.487 e. The van der Waals surface area contributed by atoms with Crippen molar-refractivity contribution in [2.45, 2.75) is 32.2 Å². The average Bonchev–Trinajstić information content (AvgIpc) is 3.53. The van der Waals surface area contributed by atoms with Gasteiger partial charge in [-0.3, -0.25) is 19.9 Å². The van der Waals surface area contributed by atoms with E-state index in [1.165, 1.54) is 6.07 Å². The number of aromatic nitrogens is 3. The Kier molecular flexibility index (Phi) is 5.76. The minimum absolute atomic E-state index is 0.00265. The number of carboxylic acids is 1. The number of aromatic carboxylic acids is 1. The van der Waals surface area contributed by atoms with Crippen LogP contribution in [0.2, 0.25) is 0 Å². The molecule has 0 spiro atoms. The maximum atomic E-state index is 13.1. The first-order chi connectivity index (χ1) is 16.1. The summed E-state index contributed by atoms with van der Waals surface area (Å²) in [5.74, 6) is -0.510. The smallest absolute Gasteiger partial charge is 0.356 e. The fraction of sp³-hybridized carbons (Fsp3) is 0.304. The van der Waals surface area contributed by atoms with Gasteiger partial charge < -0.3 is 14.7 Å². The number of carbonyl (C=O) groups excluding carboxylic acids is 1. The molecule has 0 aliphatic carbocycles. The quantitative estimate of drug-likeness (QED) is 0.522. The number of carboxylic acid groups (broad SMARTS) is 1. The van der Waals surface area contributed by atoms with Gasteiger partial charge in [0.25, 0.3) is 5.91 Å². The third kappa shape index (κ3) is 4.57. The Balaban J connectivity index is 1.21. The van der Waals surface area contributed by atoms with Gasteiger partial charge in [-0.05, 0) is 42.3 Å². The standard InChI is InChI=1S/C23H24N6O4/c30-22(28-8-9-29-17(13-28)11-21(27-29)23(31)32)16-3-1-2-15(10-16)14-33-18-4-5-19(24-12-18)20-6-7-25-26-20/h1-5,10-12,20,25-26H,6-9,13-14H2,(H,31,32). The summed E-state index contributed by atoms with van der Waals surface area (Å²) in [7, 11) is 0. The van der Waals surface area contributed by atoms with Crippen molar-refractivity contribution >= 4 is 11.9 Å². The lowest BCUT2D eigenvalue weighted by atomic mass is 10.1. The summed E-state index contributed by atoms with van der Waals surface area (Å²) in [6, 6.07) is 12.9. The van der Waals surface area contributed by atoms with Crippen molar-refractivity contribution in [2.75, 3.05) is 13.1 Å². The highest BCUT2D eigenvalue weighted by Gasteiger charge is 2.25. The molecule has 0 saturated carbocycles. The Morgan fingerprint density at radius 1 is 1.18 bits per heavy atom. The van der Waals surface area contributed by atoms with Crippen LogP contribution in [0.15, 0.2) is 48.7 Å². The van der Waals surface area contributed by atoms with Crippen LogP contribution in [0.1, 0.15) is 50.3 Å². The van der Waals surface area contributed by atoms with Crippen LogP contribution >= 0.6 is 0 Å². The number of hydrogen-bond acceptors (Lipinski definition) is 7. The van der Waals surface area contributed by atoms with E-state index in [1.54, 1.807) is 21.8 Å². The van der Waals surface area contributed by atoms with Crippen molar-refractivity contribution < 1.29 is 19.4 Å². The minimum Gasteiger partial charge on any atom is -0.487 e. The molecule has 2 aliphatic rings. The fourth-order valence-corrected chi connectivity index (χ4v) is 4.08. The Morgan fingerprint density at radius 2 is 2.09 bits per heavy atom. The van der Waals surface area contributed by atoms with E-state index >= 15 is 0 Å². The number of fused-ring (bicyclic) bond motifs is 1. The summed E-state index contributed by atoms with van der Waals surface area (Å²) in [5.41, 5.74) is 9.41. The van der Waals surface area contributed by atoms with Crippen LogP contribution in [-0.4, -0.2) is 49.7 Å². The lowest BCUT2D eigenvalue weighted by Gasteiger charge is -2.27. The number of hydrazine groups is 1. The summed E-state index contributed by atoms with van der Waals surface area (Å²) in [4.78, 5) is 30.4. The Labute approximate surface area is 190 Å². The molecule has 5 rings (SSSR count). The molecule has 0 bridgehead atoms. The molecule has 3 N–H and O–H groups in total. The Hall–Kier alpha value is -3.76. The van der Waals surface area contributed by atoms with E-state index in [1.807, 2.05) is 30.3 Å². The summed E-state index contributed by atoms with van der Waals surface area (Å²) in [5, 5.41) is 13.2. The highest BCUT2D eigenvalue weighted by atomic mass is 16.5. The van der Waals surface area contributed by atoms with E-state index in [9.17, 15) is 9.59 Å². The van der Waals surface area contributed by atoms with Gasteiger partial charge in [0.1, 0.15) is 12.4 Å². The van der Waals surface area contributed by atoms with E-state index in [0.29, 0.717) is 43.2 Å². The van der Waals surface area contributed by atoms with Gasteiger partial charge in [0, 0.05) is 18.7 Å². The minimum atomic E-state index is -1.07. The van der Waals surface area contributed by atoms with Gasteiger partial charge in [-0.25, -0.2) is 10.2 Å². The molecule has 10 nitrogen and oxygen atoms in total. The second-order valence-corrected chi connectivity index (χ2v) is 8.10. The van der Waals surface area contributed by atoms with Gasteiger partial charge in [-0.1, -0.05) is 12.1 Å². The van der Waals surface area contributed by atoms with E-state index < -0.39 is 5.97 Å². The first kappa shape index (κ1) is 21.1. The molecule has 170 valence electrons. The molecule has 4 heterocycles. The molecular formula is C23H24N6O4. The van der Waals surface area contributed by atoms with Crippen molar-refractivity contribution in [3.05, 3.63) is 76.9 Å². The number of rotatable bonds is 6. The zero-order chi connectivity index (χ0) is 22.8. The van der Waals surface area contributed by atoms with Crippen molar-refractivity contribution in [3.8, 4) is 5.75 Å². The number of benzene rings is 1. The molecule has 2 aromatic heterocycles. The van der Waals surface area contributed by atoms with E-state index in [4.69, 9.17) is 9.84 Å². The maximum absolute atomic E-state index is 13.1. The zero-order valence-corrected chi connectivity index (χ0v) is 17.9. The lowest BCUT2D eigenvalue weighted by molar-refractivity contribution is 0.0680. The molecule has 1 saturated heterocycles. The highest BCUT2D eigenvalue weighted by Crippen LogP contribution is 2.21. The van der Waals surface area contributed by atoms with Gasteiger partial charge in [0.05, 0.1) is 36.7 Å². The van der Waals surface area contributed by atoms with Gasteiger partial charge >= 0.3 is 5.97 Å². The van der Waals surface area contributed by atoms with Crippen molar-refractivity contribution in [2.24, 2.45) is 0 Å². The number of hydrogen-bond donors (Lipinski definition) is 3. The van der Waals surface area contributed by atoms with E-state index in [-0.39, 0.29) is 17.6 Å². The van der Waals surface area contributed by atoms with Crippen molar-refractivity contribution in [1.82, 2.24) is 30.5 Å². The van der Waals surface area contributed by atoms with Crippen LogP contribution in [0.3, 0.4) is 0 Å². The second kappa shape index (κ2) is 9.00. The number of pyridine rings is 1. The number of ether oxygens (including phenoxy) is 1. The van der Waals surface area contributed by atoms with Crippen LogP contribution in [-0.2, 0) is 19.7 Å². The summed E-state index contributed by atoms with van der Waals surface area (Å²) < 4.78 is 7.52. The topological polar surface area (TPSA) is 122 Å². The molecule has 2 aliphatic heterocycles. The number of nitrogens with zero attached hydrogens (tertiary/aromatic N) is 4. The van der Waals surface area contributed by atoms with Gasteiger partial charge in [-0.2, -0.15) is 5.10 Å². The van der Waals surface area contributed by atoms with E-state index in [2.05, 4.69) is 20.9 Å². The number of carbonyl (C=O) groups is 2. The average molecular weight is 448 g/mol. The second-order valence-electron chi connectivity index (χ2n) is 8.10. The fourth-order valence-electron chi connectivity index (χ4n) is 4.08. The molecule has 1 atom stereocenters. The molecule has 1 unspecified atom stereocenters. The molecule has 33 heavy (non-hydrogen) atoms. The Bertz CT molecular complexity index is 1170. The summed E-state index contributed by atoms with van der Waals surface area (Å²) >= 11 is 0. The van der Waals surface area contributed by atoms with Crippen LogP contribution in [0.25, 0.3) is 0 Å². The maximum Gasteiger partial charge on any atom is 0.356 e. The van der Waals surface area contributed by atoms with Crippen LogP contribution in [0.4, 0.5) is 0 Å². The lowest BCUT2D eigenvalue weighted by Crippen LogP contribution is -2.38. The number of nitrogens with one attached hydrogen (secondary N) is 2.